The standard InChI is InChI=1S/C11H19NO3/c13-11(14)5-3-7-12-8-6-10-4-1-2-9-15-10/h3,5,10,12H,1-2,4,6-9H2,(H,13,14)/b5-3+. The molecule has 1 rings (SSSR count). The van der Waals surface area contributed by atoms with Crippen LogP contribution in [0.25, 0.3) is 0 Å². The Morgan fingerprint density at radius 2 is 2.40 bits per heavy atom. The summed E-state index contributed by atoms with van der Waals surface area (Å²) in [7, 11) is 0. The summed E-state index contributed by atoms with van der Waals surface area (Å²) in [5, 5.41) is 11.5. The zero-order valence-corrected chi connectivity index (χ0v) is 8.95. The van der Waals surface area contributed by atoms with Crippen molar-refractivity contribution in [3.05, 3.63) is 12.2 Å². The summed E-state index contributed by atoms with van der Waals surface area (Å²) in [6, 6.07) is 0. The predicted molar refractivity (Wildman–Crippen MR) is 57.9 cm³/mol. The van der Waals surface area contributed by atoms with Crippen LogP contribution in [0.1, 0.15) is 25.7 Å². The van der Waals surface area contributed by atoms with Crippen LogP contribution >= 0.6 is 0 Å². The number of aliphatic carboxylic acids is 1. The van der Waals surface area contributed by atoms with E-state index in [2.05, 4.69) is 5.32 Å². The second kappa shape index (κ2) is 7.43. The van der Waals surface area contributed by atoms with Gasteiger partial charge in [0.15, 0.2) is 0 Å². The zero-order chi connectivity index (χ0) is 10.9. The van der Waals surface area contributed by atoms with E-state index in [0.717, 1.165) is 32.1 Å². The lowest BCUT2D eigenvalue weighted by Crippen LogP contribution is -2.25. The zero-order valence-electron chi connectivity index (χ0n) is 8.95. The summed E-state index contributed by atoms with van der Waals surface area (Å²) in [5.41, 5.74) is 0. The van der Waals surface area contributed by atoms with Crippen LogP contribution in [0.5, 0.6) is 0 Å². The van der Waals surface area contributed by atoms with Gasteiger partial charge in [-0.1, -0.05) is 6.08 Å². The molecule has 0 aromatic heterocycles. The lowest BCUT2D eigenvalue weighted by Gasteiger charge is -2.22. The smallest absolute Gasteiger partial charge is 0.328 e. The molecule has 0 aromatic carbocycles. The van der Waals surface area contributed by atoms with Crippen molar-refractivity contribution in [2.45, 2.75) is 31.8 Å². The lowest BCUT2D eigenvalue weighted by atomic mass is 10.1. The molecule has 0 amide bonds. The average molecular weight is 213 g/mol. The number of rotatable bonds is 6. The van der Waals surface area contributed by atoms with E-state index >= 15 is 0 Å². The van der Waals surface area contributed by atoms with Gasteiger partial charge in [-0.3, -0.25) is 0 Å². The number of carboxylic acid groups (broad SMARTS) is 1. The normalized spacial score (nSPS) is 22.0. The van der Waals surface area contributed by atoms with Crippen LogP contribution in [0.15, 0.2) is 12.2 Å². The van der Waals surface area contributed by atoms with Crippen LogP contribution in [-0.2, 0) is 9.53 Å². The van der Waals surface area contributed by atoms with Crippen molar-refractivity contribution in [3.8, 4) is 0 Å². The maximum Gasteiger partial charge on any atom is 0.328 e. The van der Waals surface area contributed by atoms with Crippen molar-refractivity contribution in [1.29, 1.82) is 0 Å². The Kier molecular flexibility index (Phi) is 6.04. The first-order valence-corrected chi connectivity index (χ1v) is 5.51. The van der Waals surface area contributed by atoms with Crippen LogP contribution in [0.2, 0.25) is 0 Å². The van der Waals surface area contributed by atoms with Crippen molar-refractivity contribution in [2.75, 3.05) is 19.7 Å². The highest BCUT2D eigenvalue weighted by Gasteiger charge is 2.12. The van der Waals surface area contributed by atoms with Crippen LogP contribution in [0, 0.1) is 0 Å². The molecule has 0 aliphatic carbocycles. The number of carboxylic acids is 1. The van der Waals surface area contributed by atoms with E-state index in [1.165, 1.54) is 12.8 Å². The number of nitrogens with one attached hydrogen (secondary N) is 1. The molecule has 1 heterocycles. The molecule has 1 saturated heterocycles. The summed E-state index contributed by atoms with van der Waals surface area (Å²) < 4.78 is 5.57. The fourth-order valence-corrected chi connectivity index (χ4v) is 1.64. The quantitative estimate of drug-likeness (QED) is 0.514. The number of ether oxygens (including phenoxy) is 1. The molecule has 1 atom stereocenters. The molecule has 1 aliphatic heterocycles. The van der Waals surface area contributed by atoms with Gasteiger partial charge in [-0.25, -0.2) is 4.79 Å². The van der Waals surface area contributed by atoms with Crippen LogP contribution in [-0.4, -0.2) is 36.9 Å². The Labute approximate surface area is 90.3 Å². The maximum absolute atomic E-state index is 10.1. The number of hydrogen-bond acceptors (Lipinski definition) is 3. The Hall–Kier alpha value is -0.870. The van der Waals surface area contributed by atoms with E-state index in [9.17, 15) is 4.79 Å². The molecular formula is C11H19NO3. The minimum Gasteiger partial charge on any atom is -0.478 e. The number of hydrogen-bond donors (Lipinski definition) is 2. The number of carbonyl (C=O) groups is 1. The highest BCUT2D eigenvalue weighted by atomic mass is 16.5. The van der Waals surface area contributed by atoms with Crippen molar-refractivity contribution in [2.24, 2.45) is 0 Å². The van der Waals surface area contributed by atoms with E-state index in [-0.39, 0.29) is 0 Å². The predicted octanol–water partition coefficient (Wildman–Crippen LogP) is 1.18. The van der Waals surface area contributed by atoms with Gasteiger partial charge in [0.2, 0.25) is 0 Å². The lowest BCUT2D eigenvalue weighted by molar-refractivity contribution is -0.131. The van der Waals surface area contributed by atoms with Crippen molar-refractivity contribution in [1.82, 2.24) is 5.32 Å². The monoisotopic (exact) mass is 213 g/mol. The van der Waals surface area contributed by atoms with Gasteiger partial charge in [0.1, 0.15) is 0 Å². The second-order valence-corrected chi connectivity index (χ2v) is 3.72. The summed E-state index contributed by atoms with van der Waals surface area (Å²) >= 11 is 0. The van der Waals surface area contributed by atoms with E-state index < -0.39 is 5.97 Å². The van der Waals surface area contributed by atoms with Crippen LogP contribution in [0.3, 0.4) is 0 Å². The molecule has 86 valence electrons. The van der Waals surface area contributed by atoms with Crippen molar-refractivity contribution < 1.29 is 14.6 Å². The van der Waals surface area contributed by atoms with Crippen LogP contribution < -0.4 is 5.32 Å². The average Bonchev–Trinajstić information content (AvgIpc) is 2.24. The summed E-state index contributed by atoms with van der Waals surface area (Å²) in [6.45, 7) is 2.39. The summed E-state index contributed by atoms with van der Waals surface area (Å²) in [5.74, 6) is -0.896. The van der Waals surface area contributed by atoms with Gasteiger partial charge in [0.25, 0.3) is 0 Å². The topological polar surface area (TPSA) is 58.6 Å². The molecule has 0 spiro atoms. The third-order valence-corrected chi connectivity index (χ3v) is 2.44. The van der Waals surface area contributed by atoms with Gasteiger partial charge in [-0.15, -0.1) is 0 Å². The van der Waals surface area contributed by atoms with Gasteiger partial charge in [-0.05, 0) is 32.2 Å². The highest BCUT2D eigenvalue weighted by Crippen LogP contribution is 2.14. The molecule has 0 saturated carbocycles. The van der Waals surface area contributed by atoms with Crippen LogP contribution in [0.4, 0.5) is 0 Å². The van der Waals surface area contributed by atoms with Gasteiger partial charge >= 0.3 is 5.97 Å². The van der Waals surface area contributed by atoms with Crippen molar-refractivity contribution >= 4 is 5.97 Å². The largest absolute Gasteiger partial charge is 0.478 e. The Morgan fingerprint density at radius 3 is 3.07 bits per heavy atom. The van der Waals surface area contributed by atoms with E-state index in [4.69, 9.17) is 9.84 Å². The first-order chi connectivity index (χ1) is 7.29. The molecule has 0 bridgehead atoms. The third-order valence-electron chi connectivity index (χ3n) is 2.44. The maximum atomic E-state index is 10.1. The van der Waals surface area contributed by atoms with Gasteiger partial charge in [-0.2, -0.15) is 0 Å². The molecule has 15 heavy (non-hydrogen) atoms. The summed E-state index contributed by atoms with van der Waals surface area (Å²) in [4.78, 5) is 10.1. The van der Waals surface area contributed by atoms with Gasteiger partial charge in [0.05, 0.1) is 6.10 Å². The molecule has 2 N–H and O–H groups in total. The molecule has 1 unspecified atom stereocenters. The first-order valence-electron chi connectivity index (χ1n) is 5.51. The second-order valence-electron chi connectivity index (χ2n) is 3.72. The fourth-order valence-electron chi connectivity index (χ4n) is 1.64. The van der Waals surface area contributed by atoms with Crippen molar-refractivity contribution in [3.63, 3.8) is 0 Å². The van der Waals surface area contributed by atoms with Gasteiger partial charge in [0, 0.05) is 19.2 Å². The molecule has 4 heteroatoms. The minimum absolute atomic E-state index is 0.398. The fraction of sp³-hybridized carbons (Fsp3) is 0.727. The molecule has 1 aliphatic rings. The first kappa shape index (κ1) is 12.2. The van der Waals surface area contributed by atoms with E-state index in [1.807, 2.05) is 0 Å². The molecule has 0 aromatic rings. The molecule has 4 nitrogen and oxygen atoms in total. The molecule has 0 radical (unpaired) electrons. The molecular weight excluding hydrogens is 194 g/mol. The SMILES string of the molecule is O=C(O)/C=C/CNCCC1CCCCO1. The Bertz CT molecular complexity index is 210. The summed E-state index contributed by atoms with van der Waals surface area (Å²) in [6.07, 6.45) is 7.80. The molecule has 1 fully saturated rings. The van der Waals surface area contributed by atoms with E-state index in [1.54, 1.807) is 6.08 Å². The Balaban J connectivity index is 1.94. The highest BCUT2D eigenvalue weighted by molar-refractivity contribution is 5.79. The minimum atomic E-state index is -0.896. The van der Waals surface area contributed by atoms with E-state index in [0.29, 0.717) is 12.6 Å². The Morgan fingerprint density at radius 1 is 1.53 bits per heavy atom. The van der Waals surface area contributed by atoms with Gasteiger partial charge < -0.3 is 15.2 Å². The third kappa shape index (κ3) is 6.25.